The summed E-state index contributed by atoms with van der Waals surface area (Å²) in [6, 6.07) is 21.4. The van der Waals surface area contributed by atoms with Gasteiger partial charge in [0, 0.05) is 30.7 Å². The van der Waals surface area contributed by atoms with E-state index in [9.17, 15) is 19.0 Å². The molecule has 0 saturated heterocycles. The van der Waals surface area contributed by atoms with Gasteiger partial charge in [0.1, 0.15) is 11.5 Å². The van der Waals surface area contributed by atoms with Gasteiger partial charge in [0.05, 0.1) is 0 Å². The average Bonchev–Trinajstić information content (AvgIpc) is 2.73. The van der Waals surface area contributed by atoms with Gasteiger partial charge in [-0.15, -0.1) is 0 Å². The Bertz CT molecular complexity index is 1100. The van der Waals surface area contributed by atoms with Crippen molar-refractivity contribution >= 4 is 25.2 Å². The van der Waals surface area contributed by atoms with E-state index in [0.717, 1.165) is 5.56 Å². The van der Waals surface area contributed by atoms with Crippen molar-refractivity contribution in [1.29, 1.82) is 0 Å². The summed E-state index contributed by atoms with van der Waals surface area (Å²) in [6.45, 7) is 1.34. The van der Waals surface area contributed by atoms with Gasteiger partial charge in [0.2, 0.25) is 5.91 Å². The number of phosphoric ester groups is 1. The summed E-state index contributed by atoms with van der Waals surface area (Å²) < 4.78 is 22.2. The molecule has 9 heteroatoms. The summed E-state index contributed by atoms with van der Waals surface area (Å²) >= 11 is 0. The van der Waals surface area contributed by atoms with Gasteiger partial charge in [0.15, 0.2) is 5.78 Å². The molecule has 0 aliphatic heterocycles. The summed E-state index contributed by atoms with van der Waals surface area (Å²) in [5.74, 6) is -0.140. The van der Waals surface area contributed by atoms with Gasteiger partial charge in [-0.2, -0.15) is 0 Å². The number of carbonyl (C=O) groups excluding carboxylic acids is 2. The Morgan fingerprint density at radius 2 is 1.56 bits per heavy atom. The van der Waals surface area contributed by atoms with E-state index in [1.165, 1.54) is 31.2 Å². The van der Waals surface area contributed by atoms with E-state index in [1.807, 2.05) is 18.2 Å². The number of anilines is 1. The molecule has 1 amide bonds. The van der Waals surface area contributed by atoms with Crippen LogP contribution in [-0.4, -0.2) is 11.7 Å². The Labute approximate surface area is 208 Å². The van der Waals surface area contributed by atoms with Crippen LogP contribution in [-0.2, 0) is 15.8 Å². The first kappa shape index (κ1) is 25.8. The molecule has 1 N–H and O–H groups in total. The molecular formula is C23H21NNaO6P. The van der Waals surface area contributed by atoms with Crippen LogP contribution in [0.3, 0.4) is 0 Å². The smallest absolute Gasteiger partial charge is 0.736 e. The van der Waals surface area contributed by atoms with Crippen molar-refractivity contribution in [2.45, 2.75) is 19.8 Å². The van der Waals surface area contributed by atoms with E-state index < -0.39 is 7.82 Å². The van der Waals surface area contributed by atoms with Gasteiger partial charge in [-0.05, 0) is 36.2 Å². The zero-order valence-electron chi connectivity index (χ0n) is 17.8. The van der Waals surface area contributed by atoms with Crippen LogP contribution in [0.25, 0.3) is 0 Å². The molecule has 0 radical (unpaired) electrons. The summed E-state index contributed by atoms with van der Waals surface area (Å²) in [7, 11) is -4.69. The fraction of sp³-hybridized carbons (Fsp3) is 0.130. The number of hydrogen-bond acceptors (Lipinski definition) is 6. The van der Waals surface area contributed by atoms with Gasteiger partial charge in [0.25, 0.3) is 0 Å². The molecule has 32 heavy (non-hydrogen) atoms. The number of rotatable bonds is 9. The molecule has 0 saturated carbocycles. The number of nitrogens with one attached hydrogen (secondary N) is 1. The summed E-state index contributed by atoms with van der Waals surface area (Å²) in [5, 5.41) is 2.54. The van der Waals surface area contributed by atoms with E-state index in [-0.39, 0.29) is 52.7 Å². The van der Waals surface area contributed by atoms with Crippen molar-refractivity contribution in [1.82, 2.24) is 0 Å². The predicted molar refractivity (Wildman–Crippen MR) is 115 cm³/mol. The van der Waals surface area contributed by atoms with Crippen molar-refractivity contribution in [2.24, 2.45) is 0 Å². The maximum Gasteiger partial charge on any atom is 1.00 e. The number of amides is 1. The van der Waals surface area contributed by atoms with Crippen molar-refractivity contribution in [3.05, 3.63) is 90.0 Å². The number of phosphoric acid groups is 1. The monoisotopic (exact) mass is 461 g/mol. The van der Waals surface area contributed by atoms with Crippen LogP contribution < -0.4 is 48.8 Å². The Morgan fingerprint density at radius 1 is 0.906 bits per heavy atom. The molecule has 1 unspecified atom stereocenters. The second-order valence-corrected chi connectivity index (χ2v) is 8.03. The Morgan fingerprint density at radius 3 is 2.22 bits per heavy atom. The molecule has 1 atom stereocenters. The van der Waals surface area contributed by atoms with Crippen LogP contribution in [0.5, 0.6) is 11.5 Å². The van der Waals surface area contributed by atoms with Crippen molar-refractivity contribution in [3.8, 4) is 11.5 Å². The van der Waals surface area contributed by atoms with Crippen LogP contribution in [0.1, 0.15) is 29.3 Å². The normalized spacial score (nSPS) is 12.1. The van der Waals surface area contributed by atoms with Crippen LogP contribution in [0, 0.1) is 0 Å². The number of ketones is 1. The predicted octanol–water partition coefficient (Wildman–Crippen LogP) is 1.39. The first-order valence-corrected chi connectivity index (χ1v) is 11.0. The molecule has 0 aliphatic carbocycles. The topological polar surface area (TPSA) is 105 Å². The Kier molecular flexibility index (Phi) is 9.69. The maximum atomic E-state index is 12.2. The first-order valence-electron chi connectivity index (χ1n) is 9.56. The minimum Gasteiger partial charge on any atom is -0.736 e. The molecule has 3 rings (SSSR count). The molecule has 0 aromatic heterocycles. The quantitative estimate of drug-likeness (QED) is 0.293. The molecular weight excluding hydrogens is 440 g/mol. The molecule has 0 bridgehead atoms. The number of aryl methyl sites for hydroxylation is 1. The van der Waals surface area contributed by atoms with Gasteiger partial charge >= 0.3 is 37.4 Å². The zero-order chi connectivity index (χ0) is 22.3. The second kappa shape index (κ2) is 12.0. The van der Waals surface area contributed by atoms with E-state index >= 15 is 0 Å². The average molecular weight is 461 g/mol. The van der Waals surface area contributed by atoms with Crippen molar-refractivity contribution in [3.63, 3.8) is 0 Å². The standard InChI is InChI=1S/C23H22NO6P.Na/c1-17(25)24-20-8-5-9-22(16-20)30-31(27,28)29-21-13-10-18(11-14-21)12-15-23(26)19-6-3-2-4-7-19;/h2-11,13-14,16H,12,15H2,1H3,(H,24,25)(H,27,28);/q;+1/p-1. The SMILES string of the molecule is CC(=O)Nc1cccc(OP(=O)([O-])Oc2ccc(CCC(=O)c3ccccc3)cc2)c1.[Na+]. The van der Waals surface area contributed by atoms with Crippen LogP contribution in [0.2, 0.25) is 0 Å². The second-order valence-electron chi connectivity index (χ2n) is 6.77. The van der Waals surface area contributed by atoms with Crippen LogP contribution in [0.15, 0.2) is 78.9 Å². The zero-order valence-corrected chi connectivity index (χ0v) is 20.7. The van der Waals surface area contributed by atoms with E-state index in [0.29, 0.717) is 24.1 Å². The van der Waals surface area contributed by atoms with Crippen LogP contribution >= 0.6 is 7.82 Å². The summed E-state index contributed by atoms with van der Waals surface area (Å²) in [5.41, 5.74) is 1.94. The molecule has 3 aromatic rings. The van der Waals surface area contributed by atoms with Crippen LogP contribution in [0.4, 0.5) is 5.69 Å². The molecule has 3 aromatic carbocycles. The third kappa shape index (κ3) is 8.26. The number of benzene rings is 3. The minimum atomic E-state index is -4.69. The molecule has 0 heterocycles. The number of hydrogen-bond donors (Lipinski definition) is 1. The molecule has 0 aliphatic rings. The Balaban J connectivity index is 0.00000363. The Hall–Kier alpha value is -2.41. The van der Waals surface area contributed by atoms with Gasteiger partial charge in [-0.25, -0.2) is 4.57 Å². The largest absolute Gasteiger partial charge is 1.00 e. The molecule has 7 nitrogen and oxygen atoms in total. The first-order chi connectivity index (χ1) is 14.8. The third-order valence-electron chi connectivity index (χ3n) is 4.25. The summed E-state index contributed by atoms with van der Waals surface area (Å²) in [4.78, 5) is 35.5. The van der Waals surface area contributed by atoms with Crippen molar-refractivity contribution in [2.75, 3.05) is 5.32 Å². The van der Waals surface area contributed by atoms with E-state index in [2.05, 4.69) is 5.32 Å². The fourth-order valence-electron chi connectivity index (χ4n) is 2.85. The number of Topliss-reactive ketones (excluding diaryl/α,β-unsaturated/α-hetero) is 1. The van der Waals surface area contributed by atoms with Crippen molar-refractivity contribution < 1.29 is 57.7 Å². The van der Waals surface area contributed by atoms with E-state index in [4.69, 9.17) is 9.05 Å². The third-order valence-corrected chi connectivity index (χ3v) is 5.12. The molecule has 160 valence electrons. The minimum absolute atomic E-state index is 0. The molecule has 0 fully saturated rings. The number of carbonyl (C=O) groups is 2. The fourth-order valence-corrected chi connectivity index (χ4v) is 3.64. The van der Waals surface area contributed by atoms with Gasteiger partial charge in [-0.1, -0.05) is 48.5 Å². The summed E-state index contributed by atoms with van der Waals surface area (Å²) in [6.07, 6.45) is 0.869. The van der Waals surface area contributed by atoms with E-state index in [1.54, 1.807) is 36.4 Å². The van der Waals surface area contributed by atoms with Gasteiger partial charge in [-0.3, -0.25) is 9.59 Å². The maximum absolute atomic E-state index is 12.2. The van der Waals surface area contributed by atoms with Gasteiger partial charge < -0.3 is 19.3 Å². The molecule has 0 spiro atoms.